The molecule has 0 amide bonds. The highest BCUT2D eigenvalue weighted by Crippen LogP contribution is 2.46. The summed E-state index contributed by atoms with van der Waals surface area (Å²) in [6.07, 6.45) is 2.07. The number of hydrogen-bond donors (Lipinski definition) is 0. The average Bonchev–Trinajstić information content (AvgIpc) is 2.90. The maximum absolute atomic E-state index is 12.9. The van der Waals surface area contributed by atoms with Crippen molar-refractivity contribution in [2.75, 3.05) is 25.4 Å². The molecule has 0 unspecified atom stereocenters. The minimum Gasteiger partial charge on any atom is -0.477 e. The number of aromatic nitrogens is 1. The Labute approximate surface area is 165 Å². The van der Waals surface area contributed by atoms with Gasteiger partial charge in [0.25, 0.3) is 0 Å². The van der Waals surface area contributed by atoms with E-state index in [1.165, 1.54) is 4.31 Å². The summed E-state index contributed by atoms with van der Waals surface area (Å²) in [6, 6.07) is 11.9. The van der Waals surface area contributed by atoms with E-state index >= 15 is 0 Å². The van der Waals surface area contributed by atoms with Crippen LogP contribution in [0.2, 0.25) is 0 Å². The van der Waals surface area contributed by atoms with Gasteiger partial charge in [-0.3, -0.25) is 0 Å². The zero-order valence-corrected chi connectivity index (χ0v) is 17.1. The summed E-state index contributed by atoms with van der Waals surface area (Å²) >= 11 is 0. The van der Waals surface area contributed by atoms with Crippen LogP contribution in [-0.4, -0.2) is 56.3 Å². The molecular weight excluding hydrogens is 400 g/mol. The molecule has 2 saturated heterocycles. The van der Waals surface area contributed by atoms with Gasteiger partial charge in [-0.05, 0) is 31.5 Å². The molecule has 2 aliphatic heterocycles. The molecule has 9 heteroatoms. The number of aryl methyl sites for hydroxylation is 1. The SMILES string of the molecule is Cc1ccc(S(=O)(=O)N2CC3(C2)[C@H](COc2ccccn2)CCS3(=O)=O)cc1. The van der Waals surface area contributed by atoms with Crippen LogP contribution in [0.5, 0.6) is 5.88 Å². The molecule has 4 rings (SSSR count). The summed E-state index contributed by atoms with van der Waals surface area (Å²) in [7, 11) is -7.10. The van der Waals surface area contributed by atoms with Crippen molar-refractivity contribution in [2.24, 2.45) is 5.92 Å². The second-order valence-electron chi connectivity index (χ2n) is 7.43. The second-order valence-corrected chi connectivity index (χ2v) is 11.8. The molecule has 2 fully saturated rings. The molecular formula is C19H22N2O5S2. The van der Waals surface area contributed by atoms with Crippen LogP contribution in [-0.2, 0) is 19.9 Å². The van der Waals surface area contributed by atoms with E-state index in [2.05, 4.69) is 4.98 Å². The van der Waals surface area contributed by atoms with Crippen LogP contribution in [0.25, 0.3) is 0 Å². The summed E-state index contributed by atoms with van der Waals surface area (Å²) in [4.78, 5) is 4.28. The van der Waals surface area contributed by atoms with E-state index in [1.807, 2.05) is 6.92 Å². The minimum absolute atomic E-state index is 0.0260. The van der Waals surface area contributed by atoms with Crippen molar-refractivity contribution in [3.63, 3.8) is 0 Å². The van der Waals surface area contributed by atoms with Crippen molar-refractivity contribution in [3.05, 3.63) is 54.2 Å². The van der Waals surface area contributed by atoms with E-state index < -0.39 is 24.6 Å². The molecule has 0 radical (unpaired) electrons. The molecule has 0 N–H and O–H groups in total. The summed E-state index contributed by atoms with van der Waals surface area (Å²) < 4.78 is 57.1. The molecule has 1 spiro atoms. The lowest BCUT2D eigenvalue weighted by Crippen LogP contribution is -2.68. The zero-order chi connectivity index (χ0) is 20.0. The van der Waals surface area contributed by atoms with Gasteiger partial charge < -0.3 is 4.74 Å². The van der Waals surface area contributed by atoms with Gasteiger partial charge in [0.1, 0.15) is 4.75 Å². The van der Waals surface area contributed by atoms with Crippen LogP contribution >= 0.6 is 0 Å². The third-order valence-corrected chi connectivity index (χ3v) is 10.1. The fourth-order valence-electron chi connectivity index (χ4n) is 3.91. The van der Waals surface area contributed by atoms with E-state index in [-0.39, 0.29) is 36.3 Å². The number of ether oxygens (including phenoxy) is 1. The molecule has 1 aromatic heterocycles. The van der Waals surface area contributed by atoms with Crippen molar-refractivity contribution in [1.82, 2.24) is 9.29 Å². The number of benzene rings is 1. The predicted molar refractivity (Wildman–Crippen MR) is 104 cm³/mol. The number of rotatable bonds is 5. The van der Waals surface area contributed by atoms with E-state index in [4.69, 9.17) is 4.74 Å². The van der Waals surface area contributed by atoms with Gasteiger partial charge in [0.05, 0.1) is 17.3 Å². The number of sulfonamides is 1. The van der Waals surface area contributed by atoms with E-state index in [0.717, 1.165) is 5.56 Å². The lowest BCUT2D eigenvalue weighted by molar-refractivity contribution is 0.123. The monoisotopic (exact) mass is 422 g/mol. The van der Waals surface area contributed by atoms with Crippen LogP contribution in [0.4, 0.5) is 0 Å². The van der Waals surface area contributed by atoms with Crippen molar-refractivity contribution >= 4 is 19.9 Å². The largest absolute Gasteiger partial charge is 0.477 e. The highest BCUT2D eigenvalue weighted by atomic mass is 32.2. The lowest BCUT2D eigenvalue weighted by Gasteiger charge is -2.48. The van der Waals surface area contributed by atoms with Crippen molar-refractivity contribution in [1.29, 1.82) is 0 Å². The Morgan fingerprint density at radius 2 is 1.89 bits per heavy atom. The number of nitrogens with zero attached hydrogens (tertiary/aromatic N) is 2. The molecule has 150 valence electrons. The highest BCUT2D eigenvalue weighted by Gasteiger charge is 2.64. The lowest BCUT2D eigenvalue weighted by atomic mass is 9.85. The van der Waals surface area contributed by atoms with Gasteiger partial charge in [0.15, 0.2) is 9.84 Å². The molecule has 0 aliphatic carbocycles. The van der Waals surface area contributed by atoms with Crippen molar-refractivity contribution in [2.45, 2.75) is 23.0 Å². The highest BCUT2D eigenvalue weighted by molar-refractivity contribution is 7.93. The normalized spacial score (nSPS) is 23.4. The predicted octanol–water partition coefficient (Wildman–Crippen LogP) is 1.65. The standard InChI is InChI=1S/C19H22N2O5S2/c1-15-5-7-17(8-6-15)28(24,25)21-13-19(14-21)16(9-11-27(19,22)23)12-26-18-4-2-3-10-20-18/h2-8,10,16H,9,11-14H2,1H3/t16-/m0/s1. The minimum atomic E-state index is -3.71. The topological polar surface area (TPSA) is 93.6 Å². The molecule has 28 heavy (non-hydrogen) atoms. The molecule has 1 atom stereocenters. The van der Waals surface area contributed by atoms with Crippen molar-refractivity contribution in [3.8, 4) is 5.88 Å². The van der Waals surface area contributed by atoms with Gasteiger partial charge in [-0.25, -0.2) is 21.8 Å². The first-order chi connectivity index (χ1) is 13.2. The van der Waals surface area contributed by atoms with Crippen LogP contribution in [0, 0.1) is 12.8 Å². The van der Waals surface area contributed by atoms with Gasteiger partial charge >= 0.3 is 0 Å². The molecule has 0 bridgehead atoms. The summed E-state index contributed by atoms with van der Waals surface area (Å²) in [5.74, 6) is 0.233. The van der Waals surface area contributed by atoms with Crippen LogP contribution in [0.1, 0.15) is 12.0 Å². The zero-order valence-electron chi connectivity index (χ0n) is 15.5. The average molecular weight is 423 g/mol. The maximum atomic E-state index is 12.9. The summed E-state index contributed by atoms with van der Waals surface area (Å²) in [5.41, 5.74) is 0.962. The van der Waals surface area contributed by atoms with Gasteiger partial charge in [0, 0.05) is 31.3 Å². The summed E-state index contributed by atoms with van der Waals surface area (Å²) in [5, 5.41) is 0. The number of sulfone groups is 1. The van der Waals surface area contributed by atoms with Gasteiger partial charge in [-0.15, -0.1) is 0 Å². The number of hydrogen-bond acceptors (Lipinski definition) is 6. The fourth-order valence-corrected chi connectivity index (χ4v) is 8.05. The molecule has 2 aromatic rings. The van der Waals surface area contributed by atoms with E-state index in [0.29, 0.717) is 12.3 Å². The van der Waals surface area contributed by atoms with Crippen LogP contribution in [0.15, 0.2) is 53.6 Å². The Morgan fingerprint density at radius 1 is 1.18 bits per heavy atom. The Balaban J connectivity index is 1.52. The first-order valence-corrected chi connectivity index (χ1v) is 12.2. The Morgan fingerprint density at radius 3 is 2.54 bits per heavy atom. The van der Waals surface area contributed by atoms with E-state index in [1.54, 1.807) is 48.7 Å². The quantitative estimate of drug-likeness (QED) is 0.727. The van der Waals surface area contributed by atoms with Crippen LogP contribution < -0.4 is 4.74 Å². The third kappa shape index (κ3) is 3.11. The molecule has 1 aromatic carbocycles. The molecule has 3 heterocycles. The Bertz CT molecular complexity index is 1060. The van der Waals surface area contributed by atoms with Gasteiger partial charge in [0.2, 0.25) is 15.9 Å². The summed E-state index contributed by atoms with van der Waals surface area (Å²) in [6.45, 7) is 2.03. The smallest absolute Gasteiger partial charge is 0.243 e. The first-order valence-electron chi connectivity index (χ1n) is 9.08. The Kier molecular flexibility index (Phi) is 4.71. The van der Waals surface area contributed by atoms with Crippen LogP contribution in [0.3, 0.4) is 0 Å². The van der Waals surface area contributed by atoms with Gasteiger partial charge in [-0.1, -0.05) is 23.8 Å². The second kappa shape index (κ2) is 6.82. The fraction of sp³-hybridized carbons (Fsp3) is 0.421. The van der Waals surface area contributed by atoms with E-state index in [9.17, 15) is 16.8 Å². The maximum Gasteiger partial charge on any atom is 0.243 e. The Hall–Kier alpha value is -1.97. The molecule has 7 nitrogen and oxygen atoms in total. The third-order valence-electron chi connectivity index (χ3n) is 5.72. The molecule has 2 aliphatic rings. The number of pyridine rings is 1. The van der Waals surface area contributed by atoms with Gasteiger partial charge in [-0.2, -0.15) is 4.31 Å². The first kappa shape index (κ1) is 19.4. The van der Waals surface area contributed by atoms with Crippen molar-refractivity contribution < 1.29 is 21.6 Å². The molecule has 0 saturated carbocycles.